The first-order valence-corrected chi connectivity index (χ1v) is 11.1. The molecule has 1 amide bonds. The molecular formula is C17H26N2O3S2. The van der Waals surface area contributed by atoms with Gasteiger partial charge in [-0.25, -0.2) is 8.42 Å². The molecule has 2 aliphatic rings. The number of piperidine rings is 2. The Bertz CT molecular complexity index is 678. The normalized spacial score (nSPS) is 23.4. The summed E-state index contributed by atoms with van der Waals surface area (Å²) in [6, 6.07) is 3.76. The molecule has 5 nitrogen and oxygen atoms in total. The highest BCUT2D eigenvalue weighted by atomic mass is 32.2. The molecule has 0 bridgehead atoms. The van der Waals surface area contributed by atoms with E-state index in [0.29, 0.717) is 29.8 Å². The lowest BCUT2D eigenvalue weighted by molar-refractivity contribution is -0.133. The summed E-state index contributed by atoms with van der Waals surface area (Å²) in [5.74, 6) is 0.117. The predicted molar refractivity (Wildman–Crippen MR) is 95.7 cm³/mol. The molecule has 0 radical (unpaired) electrons. The second-order valence-electron chi connectivity index (χ2n) is 6.79. The van der Waals surface area contributed by atoms with Crippen LogP contribution in [-0.2, 0) is 21.2 Å². The van der Waals surface area contributed by atoms with Crippen LogP contribution < -0.4 is 0 Å². The van der Waals surface area contributed by atoms with E-state index in [9.17, 15) is 13.2 Å². The van der Waals surface area contributed by atoms with Gasteiger partial charge in [0.2, 0.25) is 5.91 Å². The highest BCUT2D eigenvalue weighted by Crippen LogP contribution is 2.28. The average Bonchev–Trinajstić information content (AvgIpc) is 3.05. The Morgan fingerprint density at radius 2 is 1.83 bits per heavy atom. The maximum atomic E-state index is 12.7. The predicted octanol–water partition coefficient (Wildman–Crippen LogP) is 2.87. The summed E-state index contributed by atoms with van der Waals surface area (Å²) in [7, 11) is -3.39. The molecule has 0 aromatic carbocycles. The Kier molecular flexibility index (Phi) is 5.62. The number of nitrogens with zero attached hydrogens (tertiary/aromatic N) is 2. The number of carbonyl (C=O) groups is 1. The average molecular weight is 371 g/mol. The van der Waals surface area contributed by atoms with Crippen molar-refractivity contribution in [3.63, 3.8) is 0 Å². The van der Waals surface area contributed by atoms with Gasteiger partial charge in [0.05, 0.1) is 6.42 Å². The van der Waals surface area contributed by atoms with Crippen molar-refractivity contribution < 1.29 is 13.2 Å². The van der Waals surface area contributed by atoms with Gasteiger partial charge >= 0.3 is 0 Å². The molecule has 1 unspecified atom stereocenters. The monoisotopic (exact) mass is 370 g/mol. The molecule has 134 valence electrons. The number of sulfonamides is 1. The molecule has 0 aliphatic carbocycles. The fraction of sp³-hybridized carbons (Fsp3) is 0.706. The number of likely N-dealkylation sites (tertiary alicyclic amines) is 1. The second kappa shape index (κ2) is 7.54. The van der Waals surface area contributed by atoms with E-state index in [4.69, 9.17) is 0 Å². The van der Waals surface area contributed by atoms with Crippen molar-refractivity contribution in [2.24, 2.45) is 0 Å². The zero-order chi connectivity index (χ0) is 17.2. The van der Waals surface area contributed by atoms with Gasteiger partial charge in [0.1, 0.15) is 4.21 Å². The first-order valence-electron chi connectivity index (χ1n) is 8.87. The lowest BCUT2D eigenvalue weighted by Gasteiger charge is -2.33. The highest BCUT2D eigenvalue weighted by molar-refractivity contribution is 7.91. The number of amides is 1. The smallest absolute Gasteiger partial charge is 0.252 e. The van der Waals surface area contributed by atoms with E-state index >= 15 is 0 Å². The van der Waals surface area contributed by atoms with Gasteiger partial charge in [0.15, 0.2) is 0 Å². The third-order valence-corrected chi connectivity index (χ3v) is 8.45. The summed E-state index contributed by atoms with van der Waals surface area (Å²) in [6.45, 7) is 4.14. The molecule has 1 atom stereocenters. The number of carbonyl (C=O) groups excluding carboxylic acids is 1. The van der Waals surface area contributed by atoms with Gasteiger partial charge in [-0.2, -0.15) is 4.31 Å². The fourth-order valence-electron chi connectivity index (χ4n) is 3.54. The van der Waals surface area contributed by atoms with E-state index < -0.39 is 10.0 Å². The van der Waals surface area contributed by atoms with Crippen LogP contribution in [-0.4, -0.2) is 49.2 Å². The van der Waals surface area contributed by atoms with Gasteiger partial charge in [-0.1, -0.05) is 6.42 Å². The van der Waals surface area contributed by atoms with Crippen LogP contribution in [0.1, 0.15) is 50.3 Å². The summed E-state index contributed by atoms with van der Waals surface area (Å²) in [5.41, 5.74) is 0. The van der Waals surface area contributed by atoms with Crippen molar-refractivity contribution >= 4 is 27.3 Å². The van der Waals surface area contributed by atoms with Crippen molar-refractivity contribution in [2.45, 2.75) is 62.1 Å². The van der Waals surface area contributed by atoms with Gasteiger partial charge < -0.3 is 4.90 Å². The van der Waals surface area contributed by atoms with Crippen molar-refractivity contribution in [3.05, 3.63) is 17.0 Å². The van der Waals surface area contributed by atoms with E-state index in [-0.39, 0.29) is 5.91 Å². The summed E-state index contributed by atoms with van der Waals surface area (Å²) in [4.78, 5) is 15.3. The van der Waals surface area contributed by atoms with E-state index in [2.05, 4.69) is 6.92 Å². The van der Waals surface area contributed by atoms with Crippen molar-refractivity contribution in [1.29, 1.82) is 0 Å². The molecular weight excluding hydrogens is 344 g/mol. The minimum absolute atomic E-state index is 0.117. The summed E-state index contributed by atoms with van der Waals surface area (Å²) in [6.07, 6.45) is 6.59. The summed E-state index contributed by atoms with van der Waals surface area (Å²) < 4.78 is 27.3. The molecule has 0 spiro atoms. The Morgan fingerprint density at radius 3 is 2.54 bits per heavy atom. The van der Waals surface area contributed by atoms with Crippen LogP contribution in [0.25, 0.3) is 0 Å². The fourth-order valence-corrected chi connectivity index (χ4v) is 6.56. The van der Waals surface area contributed by atoms with E-state index in [1.807, 2.05) is 4.90 Å². The van der Waals surface area contributed by atoms with Crippen LogP contribution in [0.4, 0.5) is 0 Å². The number of thiophene rings is 1. The van der Waals surface area contributed by atoms with Crippen LogP contribution in [0.5, 0.6) is 0 Å². The second-order valence-corrected chi connectivity index (χ2v) is 10.1. The summed E-state index contributed by atoms with van der Waals surface area (Å²) >= 11 is 1.25. The quantitative estimate of drug-likeness (QED) is 0.819. The molecule has 1 aromatic heterocycles. The molecule has 3 heterocycles. The van der Waals surface area contributed by atoms with Gasteiger partial charge in [-0.15, -0.1) is 11.3 Å². The molecule has 24 heavy (non-hydrogen) atoms. The zero-order valence-electron chi connectivity index (χ0n) is 14.2. The number of hydrogen-bond donors (Lipinski definition) is 0. The molecule has 7 heteroatoms. The third-order valence-electron chi connectivity index (χ3n) is 4.99. The molecule has 2 fully saturated rings. The van der Waals surface area contributed by atoms with Crippen molar-refractivity contribution in [1.82, 2.24) is 9.21 Å². The first-order chi connectivity index (χ1) is 11.5. The van der Waals surface area contributed by atoms with Gasteiger partial charge in [-0.3, -0.25) is 4.79 Å². The van der Waals surface area contributed by atoms with Crippen LogP contribution in [0.2, 0.25) is 0 Å². The largest absolute Gasteiger partial charge is 0.340 e. The van der Waals surface area contributed by atoms with Crippen LogP contribution in [0, 0.1) is 0 Å². The van der Waals surface area contributed by atoms with Crippen molar-refractivity contribution in [2.75, 3.05) is 19.6 Å². The standard InChI is InChI=1S/C17H26N2O3S2/c1-14-7-3-6-12-19(14)16(20)13-15-8-9-17(23-15)24(21,22)18-10-4-2-5-11-18/h8-9,14H,2-7,10-13H2,1H3. The molecule has 2 saturated heterocycles. The molecule has 0 N–H and O–H groups in total. The van der Waals surface area contributed by atoms with E-state index in [0.717, 1.165) is 43.5 Å². The van der Waals surface area contributed by atoms with Crippen LogP contribution in [0.3, 0.4) is 0 Å². The maximum Gasteiger partial charge on any atom is 0.252 e. The van der Waals surface area contributed by atoms with Crippen LogP contribution >= 0.6 is 11.3 Å². The Balaban J connectivity index is 1.67. The zero-order valence-corrected chi connectivity index (χ0v) is 15.9. The molecule has 2 aliphatic heterocycles. The van der Waals surface area contributed by atoms with Gasteiger partial charge in [0.25, 0.3) is 10.0 Å². The Labute approximate surface area is 148 Å². The van der Waals surface area contributed by atoms with Gasteiger partial charge in [-0.05, 0) is 51.2 Å². The Hall–Kier alpha value is -0.920. The Morgan fingerprint density at radius 1 is 1.12 bits per heavy atom. The first kappa shape index (κ1) is 17.9. The minimum atomic E-state index is -3.39. The molecule has 0 saturated carbocycles. The number of rotatable bonds is 4. The van der Waals surface area contributed by atoms with E-state index in [1.165, 1.54) is 17.8 Å². The van der Waals surface area contributed by atoms with Gasteiger partial charge in [0, 0.05) is 30.6 Å². The molecule has 3 rings (SSSR count). The summed E-state index contributed by atoms with van der Waals surface area (Å²) in [5, 5.41) is 0. The van der Waals surface area contributed by atoms with E-state index in [1.54, 1.807) is 16.4 Å². The lowest BCUT2D eigenvalue weighted by Crippen LogP contribution is -2.42. The van der Waals surface area contributed by atoms with Crippen molar-refractivity contribution in [3.8, 4) is 0 Å². The molecule has 1 aromatic rings. The minimum Gasteiger partial charge on any atom is -0.340 e. The lowest BCUT2D eigenvalue weighted by atomic mass is 10.0. The number of hydrogen-bond acceptors (Lipinski definition) is 4. The maximum absolute atomic E-state index is 12.7. The third kappa shape index (κ3) is 3.83. The van der Waals surface area contributed by atoms with Crippen LogP contribution in [0.15, 0.2) is 16.3 Å². The topological polar surface area (TPSA) is 57.7 Å². The highest BCUT2D eigenvalue weighted by Gasteiger charge is 2.28. The SMILES string of the molecule is CC1CCCCN1C(=O)Cc1ccc(S(=O)(=O)N2CCCCC2)s1.